The highest BCUT2D eigenvalue weighted by molar-refractivity contribution is 6.54. The third kappa shape index (κ3) is 4.73. The van der Waals surface area contributed by atoms with Gasteiger partial charge in [0.05, 0.1) is 10.7 Å². The fourth-order valence-electron chi connectivity index (χ4n) is 3.30. The molecule has 0 aromatic heterocycles. The summed E-state index contributed by atoms with van der Waals surface area (Å²) in [7, 11) is 0. The first-order chi connectivity index (χ1) is 15.7. The van der Waals surface area contributed by atoms with Crippen molar-refractivity contribution in [3.8, 4) is 0 Å². The first kappa shape index (κ1) is 22.9. The summed E-state index contributed by atoms with van der Waals surface area (Å²) in [4.78, 5) is 39.2. The number of imide groups is 1. The molecule has 4 rings (SSSR count). The maximum Gasteiger partial charge on any atom is 0.283 e. The number of anilines is 3. The van der Waals surface area contributed by atoms with Crippen LogP contribution in [-0.2, 0) is 9.59 Å². The van der Waals surface area contributed by atoms with Crippen molar-refractivity contribution < 1.29 is 14.4 Å². The Balaban J connectivity index is 1.56. The van der Waals surface area contributed by atoms with Crippen LogP contribution in [0.25, 0.3) is 0 Å². The van der Waals surface area contributed by atoms with Gasteiger partial charge in [-0.1, -0.05) is 53.0 Å². The second-order valence-corrected chi connectivity index (χ2v) is 8.48. The third-order valence-corrected chi connectivity index (χ3v) is 5.74. The van der Waals surface area contributed by atoms with Crippen LogP contribution in [0.4, 0.5) is 17.1 Å². The van der Waals surface area contributed by atoms with E-state index in [1.54, 1.807) is 30.3 Å². The minimum absolute atomic E-state index is 0.121. The lowest BCUT2D eigenvalue weighted by atomic mass is 10.1. The molecule has 0 aliphatic carbocycles. The zero-order valence-corrected chi connectivity index (χ0v) is 19.4. The Bertz CT molecular complexity index is 1340. The molecule has 3 amide bonds. The van der Waals surface area contributed by atoms with E-state index in [2.05, 4.69) is 10.6 Å². The van der Waals surface area contributed by atoms with Crippen LogP contribution in [0, 0.1) is 6.92 Å². The van der Waals surface area contributed by atoms with Crippen molar-refractivity contribution >= 4 is 69.6 Å². The quantitative estimate of drug-likeness (QED) is 0.422. The van der Waals surface area contributed by atoms with Crippen molar-refractivity contribution in [2.75, 3.05) is 15.5 Å². The van der Waals surface area contributed by atoms with Gasteiger partial charge in [-0.3, -0.25) is 14.4 Å². The number of rotatable bonds is 5. The number of amides is 3. The molecular weight excluding hydrogens is 485 g/mol. The Hall–Kier alpha value is -3.32. The standard InChI is InChI=1S/C24H16Cl3N3O3/c1-13-4-2-6-16(10-13)29-22(31)14-5-3-7-17(11-14)28-21-20(27)23(32)30(24(21)33)19-9-8-15(25)12-18(19)26/h2-12,28H,1H3,(H,29,31). The second-order valence-electron chi connectivity index (χ2n) is 7.26. The molecule has 3 aromatic rings. The van der Waals surface area contributed by atoms with Crippen LogP contribution in [0.5, 0.6) is 0 Å². The first-order valence-corrected chi connectivity index (χ1v) is 10.9. The van der Waals surface area contributed by atoms with Gasteiger partial charge in [0, 0.05) is 22.0 Å². The topological polar surface area (TPSA) is 78.5 Å². The summed E-state index contributed by atoms with van der Waals surface area (Å²) in [6.07, 6.45) is 0. The number of hydrogen-bond donors (Lipinski definition) is 2. The van der Waals surface area contributed by atoms with Crippen LogP contribution in [0.1, 0.15) is 15.9 Å². The highest BCUT2D eigenvalue weighted by Gasteiger charge is 2.39. The molecule has 0 spiro atoms. The van der Waals surface area contributed by atoms with E-state index in [1.807, 2.05) is 25.1 Å². The van der Waals surface area contributed by atoms with Gasteiger partial charge in [0.2, 0.25) is 0 Å². The van der Waals surface area contributed by atoms with Crippen molar-refractivity contribution in [1.82, 2.24) is 0 Å². The molecule has 0 atom stereocenters. The Labute approximate surface area is 204 Å². The summed E-state index contributed by atoms with van der Waals surface area (Å²) in [5.74, 6) is -1.72. The lowest BCUT2D eigenvalue weighted by molar-refractivity contribution is -0.120. The zero-order chi connectivity index (χ0) is 23.7. The molecule has 3 aromatic carbocycles. The molecule has 0 saturated carbocycles. The van der Waals surface area contributed by atoms with Gasteiger partial charge in [-0.25, -0.2) is 4.90 Å². The van der Waals surface area contributed by atoms with Crippen LogP contribution >= 0.6 is 34.8 Å². The minimum atomic E-state index is -0.721. The number of nitrogens with one attached hydrogen (secondary N) is 2. The third-order valence-electron chi connectivity index (χ3n) is 4.85. The maximum absolute atomic E-state index is 13.0. The molecule has 0 bridgehead atoms. The van der Waals surface area contributed by atoms with Gasteiger partial charge < -0.3 is 10.6 Å². The summed E-state index contributed by atoms with van der Waals surface area (Å²) in [5, 5.41) is 5.88. The Morgan fingerprint density at radius 2 is 1.58 bits per heavy atom. The second kappa shape index (κ2) is 9.27. The van der Waals surface area contributed by atoms with Crippen LogP contribution in [-0.4, -0.2) is 17.7 Å². The summed E-state index contributed by atoms with van der Waals surface area (Å²) in [5.41, 5.74) is 2.48. The van der Waals surface area contributed by atoms with Gasteiger partial charge in [0.1, 0.15) is 10.7 Å². The molecule has 2 N–H and O–H groups in total. The molecule has 9 heteroatoms. The maximum atomic E-state index is 13.0. The SMILES string of the molecule is Cc1cccc(NC(=O)c2cccc(NC3=C(Cl)C(=O)N(c4ccc(Cl)cc4Cl)C3=O)c2)c1. The van der Waals surface area contributed by atoms with Gasteiger partial charge in [-0.2, -0.15) is 0 Å². The fourth-order valence-corrected chi connectivity index (χ4v) is 4.01. The number of carbonyl (C=O) groups excluding carboxylic acids is 3. The Kier molecular flexibility index (Phi) is 6.42. The van der Waals surface area contributed by atoms with E-state index < -0.39 is 11.8 Å². The van der Waals surface area contributed by atoms with Crippen molar-refractivity contribution in [2.45, 2.75) is 6.92 Å². The molecule has 1 aliphatic heterocycles. The molecule has 6 nitrogen and oxygen atoms in total. The zero-order valence-electron chi connectivity index (χ0n) is 17.2. The highest BCUT2D eigenvalue weighted by atomic mass is 35.5. The van der Waals surface area contributed by atoms with Gasteiger partial charge >= 0.3 is 0 Å². The van der Waals surface area contributed by atoms with Gasteiger partial charge in [-0.15, -0.1) is 0 Å². The van der Waals surface area contributed by atoms with Gasteiger partial charge in [0.25, 0.3) is 17.7 Å². The van der Waals surface area contributed by atoms with Crippen molar-refractivity contribution in [3.63, 3.8) is 0 Å². The van der Waals surface area contributed by atoms with E-state index in [1.165, 1.54) is 18.2 Å². The molecule has 0 fully saturated rings. The van der Waals surface area contributed by atoms with E-state index >= 15 is 0 Å². The average molecular weight is 501 g/mol. The molecule has 0 saturated heterocycles. The molecule has 1 aliphatic rings. The predicted octanol–water partition coefficient (Wildman–Crippen LogP) is 5.99. The largest absolute Gasteiger partial charge is 0.350 e. The van der Waals surface area contributed by atoms with Crippen molar-refractivity contribution in [1.29, 1.82) is 0 Å². The van der Waals surface area contributed by atoms with E-state index in [0.717, 1.165) is 10.5 Å². The molecule has 0 radical (unpaired) electrons. The molecule has 0 unspecified atom stereocenters. The first-order valence-electron chi connectivity index (χ1n) is 9.73. The van der Waals surface area contributed by atoms with Crippen LogP contribution < -0.4 is 15.5 Å². The summed E-state index contributed by atoms with van der Waals surface area (Å²) in [6, 6.07) is 18.3. The fraction of sp³-hybridized carbons (Fsp3) is 0.0417. The van der Waals surface area contributed by atoms with E-state index in [4.69, 9.17) is 34.8 Å². The number of benzene rings is 3. The summed E-state index contributed by atoms with van der Waals surface area (Å²) in [6.45, 7) is 1.93. The van der Waals surface area contributed by atoms with Crippen molar-refractivity contribution in [2.24, 2.45) is 0 Å². The highest BCUT2D eigenvalue weighted by Crippen LogP contribution is 2.35. The number of nitrogens with zero attached hydrogens (tertiary/aromatic N) is 1. The van der Waals surface area contributed by atoms with Gasteiger partial charge in [0.15, 0.2) is 0 Å². The van der Waals surface area contributed by atoms with Crippen molar-refractivity contribution in [3.05, 3.63) is 98.6 Å². The molecular formula is C24H16Cl3N3O3. The van der Waals surface area contributed by atoms with Crippen LogP contribution in [0.15, 0.2) is 77.5 Å². The molecule has 33 heavy (non-hydrogen) atoms. The number of aryl methyl sites for hydroxylation is 1. The van der Waals surface area contributed by atoms with Crippen LogP contribution in [0.2, 0.25) is 10.0 Å². The number of halogens is 3. The summed E-state index contributed by atoms with van der Waals surface area (Å²) < 4.78 is 0. The van der Waals surface area contributed by atoms with Gasteiger partial charge in [-0.05, 0) is 61.0 Å². The number of hydrogen-bond acceptors (Lipinski definition) is 4. The smallest absolute Gasteiger partial charge is 0.283 e. The summed E-state index contributed by atoms with van der Waals surface area (Å²) >= 11 is 18.3. The lowest BCUT2D eigenvalue weighted by Crippen LogP contribution is -2.32. The minimum Gasteiger partial charge on any atom is -0.350 e. The Morgan fingerprint density at radius 1 is 0.848 bits per heavy atom. The molecule has 1 heterocycles. The van der Waals surface area contributed by atoms with E-state index in [0.29, 0.717) is 22.0 Å². The average Bonchev–Trinajstić information content (AvgIpc) is 2.97. The predicted molar refractivity (Wildman–Crippen MR) is 131 cm³/mol. The normalized spacial score (nSPS) is 13.5. The van der Waals surface area contributed by atoms with Crippen LogP contribution in [0.3, 0.4) is 0 Å². The monoisotopic (exact) mass is 499 g/mol. The Morgan fingerprint density at radius 3 is 2.30 bits per heavy atom. The number of carbonyl (C=O) groups is 3. The van der Waals surface area contributed by atoms with E-state index in [9.17, 15) is 14.4 Å². The lowest BCUT2D eigenvalue weighted by Gasteiger charge is -2.16. The molecule has 166 valence electrons. The van der Waals surface area contributed by atoms with E-state index in [-0.39, 0.29) is 27.3 Å².